The van der Waals surface area contributed by atoms with E-state index in [1.54, 1.807) is 26.0 Å². The van der Waals surface area contributed by atoms with Crippen LogP contribution in [-0.4, -0.2) is 24.1 Å². The molecular weight excluding hydrogens is 436 g/mol. The van der Waals surface area contributed by atoms with E-state index in [1.165, 1.54) is 23.5 Å². The molecule has 0 aliphatic rings. The Labute approximate surface area is 164 Å². The van der Waals surface area contributed by atoms with Crippen LogP contribution in [0.1, 0.15) is 24.2 Å². The van der Waals surface area contributed by atoms with E-state index in [2.05, 4.69) is 20.9 Å². The Morgan fingerprint density at radius 3 is 2.54 bits per heavy atom. The average Bonchev–Trinajstić information content (AvgIpc) is 2.92. The van der Waals surface area contributed by atoms with Crippen molar-refractivity contribution >= 4 is 53.2 Å². The Bertz CT molecular complexity index is 1170. The number of hydrogen-bond acceptors (Lipinski definition) is 4. The first-order chi connectivity index (χ1) is 12.2. The van der Waals surface area contributed by atoms with Crippen molar-refractivity contribution in [2.45, 2.75) is 24.0 Å². The molecule has 2 aromatic carbocycles. The molecule has 0 aliphatic carbocycles. The number of halogens is 1. The van der Waals surface area contributed by atoms with Crippen molar-refractivity contribution in [1.29, 1.82) is 0 Å². The van der Waals surface area contributed by atoms with Crippen LogP contribution in [0, 0.1) is 0 Å². The van der Waals surface area contributed by atoms with E-state index in [0.29, 0.717) is 4.80 Å². The lowest BCUT2D eigenvalue weighted by atomic mass is 10.2. The number of para-hydroxylation sites is 1. The summed E-state index contributed by atoms with van der Waals surface area (Å²) >= 11 is 4.91. The third-order valence-electron chi connectivity index (χ3n) is 4.00. The van der Waals surface area contributed by atoms with Crippen LogP contribution in [0.2, 0.25) is 0 Å². The fourth-order valence-corrected chi connectivity index (χ4v) is 5.40. The highest BCUT2D eigenvalue weighted by Crippen LogP contribution is 2.25. The van der Waals surface area contributed by atoms with Gasteiger partial charge < -0.3 is 4.57 Å². The number of thiazole rings is 1. The number of amides is 1. The number of aromatic nitrogens is 1. The summed E-state index contributed by atoms with van der Waals surface area (Å²) in [5, 5.41) is -0.553. The number of carbonyl (C=O) groups is 1. The van der Waals surface area contributed by atoms with Crippen molar-refractivity contribution in [2.24, 2.45) is 12.0 Å². The third kappa shape index (κ3) is 3.41. The molecule has 0 saturated heterocycles. The van der Waals surface area contributed by atoms with Gasteiger partial charge in [0.25, 0.3) is 5.91 Å². The van der Waals surface area contributed by atoms with Crippen LogP contribution in [0.4, 0.5) is 0 Å². The summed E-state index contributed by atoms with van der Waals surface area (Å²) in [5.74, 6) is -0.468. The maximum absolute atomic E-state index is 12.6. The molecule has 0 radical (unpaired) electrons. The molecule has 1 heterocycles. The molecule has 0 spiro atoms. The zero-order valence-electron chi connectivity index (χ0n) is 14.4. The van der Waals surface area contributed by atoms with Gasteiger partial charge in [0, 0.05) is 17.1 Å². The van der Waals surface area contributed by atoms with Gasteiger partial charge in [-0.05, 0) is 60.1 Å². The summed E-state index contributed by atoms with van der Waals surface area (Å²) in [6.07, 6.45) is 0. The lowest BCUT2D eigenvalue weighted by Gasteiger charge is -2.08. The van der Waals surface area contributed by atoms with Crippen molar-refractivity contribution in [3.8, 4) is 0 Å². The van der Waals surface area contributed by atoms with Gasteiger partial charge in [0.1, 0.15) is 0 Å². The maximum atomic E-state index is 12.6. The number of fused-ring (bicyclic) bond motifs is 1. The number of carbonyl (C=O) groups excluding carboxylic acids is 1. The van der Waals surface area contributed by atoms with Crippen molar-refractivity contribution in [1.82, 2.24) is 4.57 Å². The van der Waals surface area contributed by atoms with Gasteiger partial charge in [-0.3, -0.25) is 4.79 Å². The fraction of sp³-hybridized carbons (Fsp3) is 0.222. The molecule has 0 atom stereocenters. The smallest absolute Gasteiger partial charge is 0.279 e. The largest absolute Gasteiger partial charge is 0.318 e. The predicted molar refractivity (Wildman–Crippen MR) is 107 cm³/mol. The molecule has 26 heavy (non-hydrogen) atoms. The first-order valence-electron chi connectivity index (χ1n) is 7.89. The summed E-state index contributed by atoms with van der Waals surface area (Å²) in [6.45, 7) is 3.23. The molecule has 0 unspecified atom stereocenters. The predicted octanol–water partition coefficient (Wildman–Crippen LogP) is 3.93. The van der Waals surface area contributed by atoms with E-state index >= 15 is 0 Å². The number of hydrogen-bond donors (Lipinski definition) is 0. The molecule has 0 aliphatic heterocycles. The Hall–Kier alpha value is -1.77. The normalized spacial score (nSPS) is 12.9. The van der Waals surface area contributed by atoms with Crippen LogP contribution in [0.15, 0.2) is 56.8 Å². The summed E-state index contributed by atoms with van der Waals surface area (Å²) in [4.78, 5) is 17.5. The second-order valence-corrected chi connectivity index (χ2v) is 10.4. The molecule has 3 aromatic rings. The minimum atomic E-state index is -3.44. The summed E-state index contributed by atoms with van der Waals surface area (Å²) in [7, 11) is -1.60. The van der Waals surface area contributed by atoms with E-state index in [1.807, 2.05) is 29.8 Å². The lowest BCUT2D eigenvalue weighted by Crippen LogP contribution is -2.15. The molecule has 1 aromatic heterocycles. The quantitative estimate of drug-likeness (QED) is 0.604. The van der Waals surface area contributed by atoms with E-state index in [4.69, 9.17) is 0 Å². The Morgan fingerprint density at radius 2 is 1.88 bits per heavy atom. The highest BCUT2D eigenvalue weighted by atomic mass is 79.9. The first kappa shape index (κ1) is 19.0. The second kappa shape index (κ2) is 7.09. The summed E-state index contributed by atoms with van der Waals surface area (Å²) < 4.78 is 28.4. The zero-order chi connectivity index (χ0) is 19.1. The summed E-state index contributed by atoms with van der Waals surface area (Å²) in [6, 6.07) is 11.9. The SMILES string of the molecule is CC(C)S(=O)(=O)c1cccc(C(=O)N=c2sc3cccc(Br)c3n2C)c1. The molecule has 136 valence electrons. The highest BCUT2D eigenvalue weighted by Gasteiger charge is 2.20. The monoisotopic (exact) mass is 452 g/mol. The van der Waals surface area contributed by atoms with Gasteiger partial charge in [0.05, 0.1) is 20.4 Å². The average molecular weight is 453 g/mol. The van der Waals surface area contributed by atoms with Crippen molar-refractivity contribution < 1.29 is 13.2 Å². The molecule has 1 amide bonds. The minimum absolute atomic E-state index is 0.136. The number of benzene rings is 2. The van der Waals surface area contributed by atoms with E-state index in [-0.39, 0.29) is 10.5 Å². The number of rotatable bonds is 3. The number of nitrogens with zero attached hydrogens (tertiary/aromatic N) is 2. The molecule has 5 nitrogen and oxygen atoms in total. The standard InChI is InChI=1S/C18H17BrN2O3S2/c1-11(2)26(23,24)13-7-4-6-12(10-13)17(22)20-18-21(3)16-14(19)8-5-9-15(16)25-18/h4-11H,1-3H3. The molecule has 0 fully saturated rings. The Balaban J connectivity index is 2.08. The van der Waals surface area contributed by atoms with Crippen molar-refractivity contribution in [3.05, 3.63) is 57.3 Å². The zero-order valence-corrected chi connectivity index (χ0v) is 17.7. The van der Waals surface area contributed by atoms with E-state index in [9.17, 15) is 13.2 Å². The van der Waals surface area contributed by atoms with Gasteiger partial charge in [-0.1, -0.05) is 23.5 Å². The molecule has 3 rings (SSSR count). The molecule has 8 heteroatoms. The number of sulfone groups is 1. The topological polar surface area (TPSA) is 68.5 Å². The molecular formula is C18H17BrN2O3S2. The molecule has 0 N–H and O–H groups in total. The van der Waals surface area contributed by atoms with Gasteiger partial charge >= 0.3 is 0 Å². The Morgan fingerprint density at radius 1 is 1.19 bits per heavy atom. The molecule has 0 bridgehead atoms. The first-order valence-corrected chi connectivity index (χ1v) is 11.0. The third-order valence-corrected chi connectivity index (χ3v) is 7.89. The second-order valence-electron chi connectivity index (χ2n) is 6.07. The van der Waals surface area contributed by atoms with E-state index in [0.717, 1.165) is 14.7 Å². The van der Waals surface area contributed by atoms with Crippen molar-refractivity contribution in [2.75, 3.05) is 0 Å². The lowest BCUT2D eigenvalue weighted by molar-refractivity contribution is 0.0997. The van der Waals surface area contributed by atoms with Gasteiger partial charge in [0.2, 0.25) is 0 Å². The fourth-order valence-electron chi connectivity index (χ4n) is 2.49. The van der Waals surface area contributed by atoms with Gasteiger partial charge in [0.15, 0.2) is 14.6 Å². The van der Waals surface area contributed by atoms with Crippen molar-refractivity contribution in [3.63, 3.8) is 0 Å². The summed E-state index contributed by atoms with van der Waals surface area (Å²) in [5.41, 5.74) is 1.21. The highest BCUT2D eigenvalue weighted by molar-refractivity contribution is 9.10. The van der Waals surface area contributed by atoms with Gasteiger partial charge in [-0.2, -0.15) is 4.99 Å². The van der Waals surface area contributed by atoms with Crippen LogP contribution < -0.4 is 4.80 Å². The van der Waals surface area contributed by atoms with Crippen LogP contribution in [0.3, 0.4) is 0 Å². The van der Waals surface area contributed by atoms with Gasteiger partial charge in [-0.15, -0.1) is 0 Å². The van der Waals surface area contributed by atoms with Crippen LogP contribution in [-0.2, 0) is 16.9 Å². The van der Waals surface area contributed by atoms with Crippen LogP contribution >= 0.6 is 27.3 Å². The van der Waals surface area contributed by atoms with E-state index < -0.39 is 21.0 Å². The number of aryl methyl sites for hydroxylation is 1. The minimum Gasteiger partial charge on any atom is -0.318 e. The van der Waals surface area contributed by atoms with Crippen LogP contribution in [0.25, 0.3) is 10.2 Å². The Kier molecular flexibility index (Phi) is 5.18. The maximum Gasteiger partial charge on any atom is 0.279 e. The van der Waals surface area contributed by atoms with Gasteiger partial charge in [-0.25, -0.2) is 8.42 Å². The molecule has 0 saturated carbocycles. The van der Waals surface area contributed by atoms with Crippen LogP contribution in [0.5, 0.6) is 0 Å².